The van der Waals surface area contributed by atoms with E-state index in [1.54, 1.807) is 11.3 Å². The second kappa shape index (κ2) is 4.90. The van der Waals surface area contributed by atoms with Crippen LogP contribution in [0.4, 0.5) is 5.69 Å². The molecule has 3 aromatic rings. The average Bonchev–Trinajstić information content (AvgIpc) is 2.97. The van der Waals surface area contributed by atoms with Gasteiger partial charge in [-0.05, 0) is 29.7 Å². The van der Waals surface area contributed by atoms with Gasteiger partial charge in [0.2, 0.25) is 0 Å². The van der Waals surface area contributed by atoms with Crippen LogP contribution in [0.1, 0.15) is 9.67 Å². The third kappa shape index (κ3) is 2.08. The lowest BCUT2D eigenvalue weighted by molar-refractivity contribution is 0.0980. The minimum absolute atomic E-state index is 0.0481. The number of hydrogen-bond acceptors (Lipinski definition) is 3. The summed E-state index contributed by atoms with van der Waals surface area (Å²) in [5.74, 6) is 0.824. The van der Waals surface area contributed by atoms with E-state index in [9.17, 15) is 4.79 Å². The highest BCUT2D eigenvalue weighted by Crippen LogP contribution is 2.34. The van der Waals surface area contributed by atoms with E-state index in [0.717, 1.165) is 26.4 Å². The number of nitrogens with zero attached hydrogens (tertiary/aromatic N) is 1. The van der Waals surface area contributed by atoms with Crippen molar-refractivity contribution in [3.8, 4) is 5.75 Å². The van der Waals surface area contributed by atoms with Gasteiger partial charge in [0.1, 0.15) is 12.4 Å². The molecule has 0 bridgehead atoms. The number of fused-ring (bicyclic) bond motifs is 2. The number of ether oxygens (including phenoxy) is 1. The first-order chi connectivity index (χ1) is 10.3. The van der Waals surface area contributed by atoms with E-state index in [-0.39, 0.29) is 5.91 Å². The number of rotatable bonds is 1. The second-order valence-corrected chi connectivity index (χ2v) is 6.01. The van der Waals surface area contributed by atoms with Crippen LogP contribution in [-0.4, -0.2) is 19.1 Å². The van der Waals surface area contributed by atoms with Crippen LogP contribution in [-0.2, 0) is 0 Å². The summed E-state index contributed by atoms with van der Waals surface area (Å²) in [6.45, 7) is 1.12. The molecule has 4 rings (SSSR count). The predicted molar refractivity (Wildman–Crippen MR) is 85.4 cm³/mol. The van der Waals surface area contributed by atoms with Gasteiger partial charge < -0.3 is 9.64 Å². The Bertz CT molecular complexity index is 791. The van der Waals surface area contributed by atoms with Crippen molar-refractivity contribution in [1.29, 1.82) is 0 Å². The fourth-order valence-electron chi connectivity index (χ4n) is 2.60. The molecule has 21 heavy (non-hydrogen) atoms. The maximum Gasteiger partial charge on any atom is 0.268 e. The number of anilines is 1. The summed E-state index contributed by atoms with van der Waals surface area (Å²) in [5, 5.41) is 1.12. The smallest absolute Gasteiger partial charge is 0.268 e. The van der Waals surface area contributed by atoms with Gasteiger partial charge in [-0.1, -0.05) is 30.3 Å². The first-order valence-electron chi connectivity index (χ1n) is 6.85. The minimum Gasteiger partial charge on any atom is -0.490 e. The van der Waals surface area contributed by atoms with Crippen molar-refractivity contribution < 1.29 is 9.53 Å². The van der Waals surface area contributed by atoms with Gasteiger partial charge in [-0.2, -0.15) is 0 Å². The van der Waals surface area contributed by atoms with Crippen molar-refractivity contribution in [2.24, 2.45) is 0 Å². The van der Waals surface area contributed by atoms with E-state index < -0.39 is 0 Å². The minimum atomic E-state index is 0.0481. The van der Waals surface area contributed by atoms with Crippen molar-refractivity contribution in [3.05, 3.63) is 59.5 Å². The normalized spacial score (nSPS) is 13.8. The van der Waals surface area contributed by atoms with E-state index in [0.29, 0.717) is 13.2 Å². The monoisotopic (exact) mass is 295 g/mol. The lowest BCUT2D eigenvalue weighted by atomic mass is 10.2. The molecule has 4 heteroatoms. The van der Waals surface area contributed by atoms with Gasteiger partial charge >= 0.3 is 0 Å². The van der Waals surface area contributed by atoms with Crippen LogP contribution >= 0.6 is 11.3 Å². The maximum absolute atomic E-state index is 12.8. The van der Waals surface area contributed by atoms with Gasteiger partial charge in [0.25, 0.3) is 5.91 Å². The molecule has 0 unspecified atom stereocenters. The van der Waals surface area contributed by atoms with Crippen LogP contribution in [0.5, 0.6) is 5.75 Å². The Hall–Kier alpha value is -2.33. The second-order valence-electron chi connectivity index (χ2n) is 4.92. The van der Waals surface area contributed by atoms with E-state index in [4.69, 9.17) is 4.74 Å². The van der Waals surface area contributed by atoms with Crippen LogP contribution < -0.4 is 9.64 Å². The largest absolute Gasteiger partial charge is 0.490 e. The molecule has 3 nitrogen and oxygen atoms in total. The molecule has 0 N–H and O–H groups in total. The van der Waals surface area contributed by atoms with Crippen LogP contribution in [0.3, 0.4) is 0 Å². The summed E-state index contributed by atoms with van der Waals surface area (Å²) in [7, 11) is 0. The first-order valence-corrected chi connectivity index (χ1v) is 7.67. The zero-order chi connectivity index (χ0) is 14.2. The zero-order valence-corrected chi connectivity index (χ0v) is 12.1. The van der Waals surface area contributed by atoms with Gasteiger partial charge in [-0.3, -0.25) is 4.79 Å². The highest BCUT2D eigenvalue weighted by atomic mass is 32.1. The number of thiophene rings is 1. The topological polar surface area (TPSA) is 29.5 Å². The van der Waals surface area contributed by atoms with Gasteiger partial charge in [-0.15, -0.1) is 11.3 Å². The standard InChI is InChI=1S/C17H13NO2S/c19-17(16-11-12-5-1-4-8-15(12)21-16)18-9-10-20-14-7-3-2-6-13(14)18/h1-8,11H,9-10H2. The molecule has 0 aliphatic carbocycles. The molecule has 1 aliphatic heterocycles. The third-order valence-electron chi connectivity index (χ3n) is 3.61. The number of benzene rings is 2. The Kier molecular flexibility index (Phi) is 2.89. The quantitative estimate of drug-likeness (QED) is 0.680. The molecule has 0 radical (unpaired) electrons. The summed E-state index contributed by atoms with van der Waals surface area (Å²) in [4.78, 5) is 15.4. The highest BCUT2D eigenvalue weighted by Gasteiger charge is 2.25. The van der Waals surface area contributed by atoms with E-state index in [2.05, 4.69) is 0 Å². The van der Waals surface area contributed by atoms with Crippen LogP contribution in [0.15, 0.2) is 54.6 Å². The average molecular weight is 295 g/mol. The van der Waals surface area contributed by atoms with Gasteiger partial charge in [0, 0.05) is 4.70 Å². The molecule has 1 amide bonds. The lowest BCUT2D eigenvalue weighted by Gasteiger charge is -2.29. The Labute approximate surface area is 126 Å². The molecule has 2 aromatic carbocycles. The molecule has 1 aliphatic rings. The fraction of sp³-hybridized carbons (Fsp3) is 0.118. The molecule has 2 heterocycles. The first kappa shape index (κ1) is 12.4. The summed E-state index contributed by atoms with van der Waals surface area (Å²) >= 11 is 1.54. The number of carbonyl (C=O) groups is 1. The summed E-state index contributed by atoms with van der Waals surface area (Å²) < 4.78 is 6.75. The van der Waals surface area contributed by atoms with Crippen LogP contribution in [0, 0.1) is 0 Å². The van der Waals surface area contributed by atoms with Crippen molar-refractivity contribution >= 4 is 33.0 Å². The molecule has 0 saturated carbocycles. The number of hydrogen-bond donors (Lipinski definition) is 0. The Balaban J connectivity index is 1.75. The third-order valence-corrected chi connectivity index (χ3v) is 4.71. The molecule has 0 atom stereocenters. The molecule has 104 valence electrons. The molecule has 0 spiro atoms. The lowest BCUT2D eigenvalue weighted by Crippen LogP contribution is -2.37. The summed E-state index contributed by atoms with van der Waals surface area (Å²) in [6.07, 6.45) is 0. The molecular weight excluding hydrogens is 282 g/mol. The van der Waals surface area contributed by atoms with Crippen LogP contribution in [0.25, 0.3) is 10.1 Å². The SMILES string of the molecule is O=C(c1cc2ccccc2s1)N1CCOc2ccccc21. The summed E-state index contributed by atoms with van der Waals surface area (Å²) in [6, 6.07) is 17.7. The van der Waals surface area contributed by atoms with Gasteiger partial charge in [0.05, 0.1) is 17.1 Å². The maximum atomic E-state index is 12.8. The summed E-state index contributed by atoms with van der Waals surface area (Å²) in [5.41, 5.74) is 0.853. The highest BCUT2D eigenvalue weighted by molar-refractivity contribution is 7.20. The molecule has 0 fully saturated rings. The fourth-order valence-corrected chi connectivity index (χ4v) is 3.61. The van der Waals surface area contributed by atoms with Crippen molar-refractivity contribution in [3.63, 3.8) is 0 Å². The van der Waals surface area contributed by atoms with Gasteiger partial charge in [-0.25, -0.2) is 0 Å². The van der Waals surface area contributed by atoms with E-state index in [1.807, 2.05) is 59.5 Å². The van der Waals surface area contributed by atoms with Gasteiger partial charge in [0.15, 0.2) is 0 Å². The zero-order valence-electron chi connectivity index (χ0n) is 11.3. The van der Waals surface area contributed by atoms with E-state index >= 15 is 0 Å². The molecular formula is C17H13NO2S. The Morgan fingerprint density at radius 2 is 1.90 bits per heavy atom. The van der Waals surface area contributed by atoms with Crippen molar-refractivity contribution in [2.45, 2.75) is 0 Å². The van der Waals surface area contributed by atoms with Crippen molar-refractivity contribution in [1.82, 2.24) is 0 Å². The Morgan fingerprint density at radius 1 is 1.10 bits per heavy atom. The molecule has 1 aromatic heterocycles. The Morgan fingerprint density at radius 3 is 2.81 bits per heavy atom. The van der Waals surface area contributed by atoms with Crippen molar-refractivity contribution in [2.75, 3.05) is 18.1 Å². The van der Waals surface area contributed by atoms with Crippen LogP contribution in [0.2, 0.25) is 0 Å². The number of carbonyl (C=O) groups excluding carboxylic acids is 1. The number of amides is 1. The molecule has 0 saturated heterocycles. The van der Waals surface area contributed by atoms with E-state index in [1.165, 1.54) is 0 Å². The predicted octanol–water partition coefficient (Wildman–Crippen LogP) is 3.94. The number of para-hydroxylation sites is 2.